The normalized spacial score (nSPS) is 20.9. The van der Waals surface area contributed by atoms with Crippen LogP contribution in [0.2, 0.25) is 31.9 Å². The molecule has 0 saturated heterocycles. The minimum Gasteiger partial charge on any atom is -0.205 e. The zero-order valence-corrected chi connectivity index (χ0v) is 13.5. The Morgan fingerprint density at radius 2 is 1.69 bits per heavy atom. The van der Waals surface area contributed by atoms with Gasteiger partial charge < -0.3 is 0 Å². The van der Waals surface area contributed by atoms with Crippen molar-refractivity contribution in [3.8, 4) is 0 Å². The zero-order chi connectivity index (χ0) is 12.1. The Balaban J connectivity index is 2.67. The number of pyridine rings is 1. The second-order valence-corrected chi connectivity index (χ2v) is 16.5. The molecule has 2 heterocycles. The molecule has 0 N–H and O–H groups in total. The van der Waals surface area contributed by atoms with Crippen LogP contribution in [0.4, 0.5) is 0 Å². The monoisotopic (exact) mass is 250 g/mol. The molecule has 0 fully saturated rings. The second kappa shape index (κ2) is 3.54. The molecule has 88 valence electrons. The van der Waals surface area contributed by atoms with Gasteiger partial charge in [0.2, 0.25) is 0 Å². The molecule has 0 bridgehead atoms. The van der Waals surface area contributed by atoms with E-state index in [0.29, 0.717) is 0 Å². The van der Waals surface area contributed by atoms with Crippen LogP contribution in [0.25, 0.3) is 0 Å². The Kier molecular flexibility index (Phi) is 2.66. The van der Waals surface area contributed by atoms with Crippen LogP contribution in [-0.2, 0) is 13.5 Å². The van der Waals surface area contributed by atoms with Crippen LogP contribution in [0, 0.1) is 0 Å². The molecule has 0 atom stereocenters. The van der Waals surface area contributed by atoms with Gasteiger partial charge in [-0.2, -0.15) is 0 Å². The topological polar surface area (TPSA) is 3.88 Å². The average molecular weight is 251 g/mol. The van der Waals surface area contributed by atoms with E-state index in [1.807, 2.05) is 0 Å². The molecular formula is C13H24NSi2+. The van der Waals surface area contributed by atoms with Crippen LogP contribution < -0.4 is 14.9 Å². The lowest BCUT2D eigenvalue weighted by Gasteiger charge is -2.18. The maximum Gasteiger partial charge on any atom is 0.180 e. The summed E-state index contributed by atoms with van der Waals surface area (Å²) in [4.78, 5) is 0. The van der Waals surface area contributed by atoms with E-state index in [1.54, 1.807) is 10.4 Å². The summed E-state index contributed by atoms with van der Waals surface area (Å²) in [6, 6.07) is 2.52. The van der Waals surface area contributed by atoms with Crippen LogP contribution in [0.5, 0.6) is 0 Å². The largest absolute Gasteiger partial charge is 0.205 e. The van der Waals surface area contributed by atoms with Gasteiger partial charge in [0.05, 0.1) is 16.1 Å². The molecule has 16 heavy (non-hydrogen) atoms. The van der Waals surface area contributed by atoms with Crippen molar-refractivity contribution in [3.05, 3.63) is 18.0 Å². The van der Waals surface area contributed by atoms with Gasteiger partial charge in [-0.3, -0.25) is 0 Å². The number of fused-ring (bicyclic) bond motifs is 1. The Labute approximate surface area is 102 Å². The van der Waals surface area contributed by atoms with E-state index in [-0.39, 0.29) is 0 Å². The van der Waals surface area contributed by atoms with Gasteiger partial charge in [0, 0.05) is 17.7 Å². The smallest absolute Gasteiger partial charge is 0.180 e. The lowest BCUT2D eigenvalue weighted by molar-refractivity contribution is -0.678. The molecule has 1 aromatic rings. The quantitative estimate of drug-likeness (QED) is 0.525. The maximum absolute atomic E-state index is 2.55. The van der Waals surface area contributed by atoms with E-state index in [1.165, 1.54) is 11.4 Å². The molecule has 1 aromatic heterocycles. The first-order chi connectivity index (χ1) is 7.28. The number of hydrogen-bond acceptors (Lipinski definition) is 0. The summed E-state index contributed by atoms with van der Waals surface area (Å²) >= 11 is 0. The molecule has 3 heteroatoms. The molecule has 1 nitrogen and oxygen atoms in total. The van der Waals surface area contributed by atoms with E-state index in [4.69, 9.17) is 0 Å². The highest BCUT2D eigenvalue weighted by atomic mass is 28.4. The van der Waals surface area contributed by atoms with E-state index in [0.717, 1.165) is 6.42 Å². The van der Waals surface area contributed by atoms with Crippen molar-refractivity contribution < 1.29 is 4.57 Å². The van der Waals surface area contributed by atoms with E-state index >= 15 is 0 Å². The van der Waals surface area contributed by atoms with Crippen LogP contribution in [0.15, 0.2) is 12.3 Å². The van der Waals surface area contributed by atoms with Crippen LogP contribution >= 0.6 is 0 Å². The predicted molar refractivity (Wildman–Crippen MR) is 76.0 cm³/mol. The molecule has 0 radical (unpaired) electrons. The summed E-state index contributed by atoms with van der Waals surface area (Å²) in [5.74, 6) is 0. The van der Waals surface area contributed by atoms with Gasteiger partial charge in [-0.05, 0) is 5.19 Å². The summed E-state index contributed by atoms with van der Waals surface area (Å²) < 4.78 is 2.35. The fraction of sp³-hybridized carbons (Fsp3) is 0.615. The highest BCUT2D eigenvalue weighted by Crippen LogP contribution is 2.25. The first-order valence-corrected chi connectivity index (χ1v) is 12.7. The third-order valence-electron chi connectivity index (χ3n) is 4.08. The molecular weight excluding hydrogens is 226 g/mol. The SMILES string of the molecule is CCc1cc2c(c[n+]1C)[Si](C)(C)C[Si]2(C)C. The van der Waals surface area contributed by atoms with Crippen LogP contribution in [0.1, 0.15) is 12.6 Å². The molecule has 0 saturated carbocycles. The number of aromatic nitrogens is 1. The lowest BCUT2D eigenvalue weighted by Crippen LogP contribution is -2.51. The standard InChI is InChI=1S/C13H24NSi2/c1-7-11-8-12-13(9-14(11)2)16(5,6)10-15(12,3)4/h8-9H,7,10H2,1-6H3/q+1. The van der Waals surface area contributed by atoms with E-state index in [9.17, 15) is 0 Å². The summed E-state index contributed by atoms with van der Waals surface area (Å²) in [6.45, 7) is 12.4. The third kappa shape index (κ3) is 1.70. The van der Waals surface area contributed by atoms with E-state index < -0.39 is 16.1 Å². The highest BCUT2D eigenvalue weighted by Gasteiger charge is 2.46. The average Bonchev–Trinajstić information content (AvgIpc) is 2.31. The summed E-state index contributed by atoms with van der Waals surface area (Å²) in [5, 5.41) is 3.50. The molecule has 1 aliphatic heterocycles. The summed E-state index contributed by atoms with van der Waals surface area (Å²) in [5.41, 5.74) is 3.02. The number of hydrogen-bond donors (Lipinski definition) is 0. The fourth-order valence-corrected chi connectivity index (χ4v) is 18.5. The van der Waals surface area contributed by atoms with Crippen LogP contribution in [0.3, 0.4) is 0 Å². The molecule has 0 amide bonds. The number of nitrogens with zero attached hydrogens (tertiary/aromatic N) is 1. The zero-order valence-electron chi connectivity index (χ0n) is 11.5. The van der Waals surface area contributed by atoms with Gasteiger partial charge in [0.15, 0.2) is 11.9 Å². The second-order valence-electron chi connectivity index (χ2n) is 6.50. The van der Waals surface area contributed by atoms with Gasteiger partial charge in [0.1, 0.15) is 7.05 Å². The first kappa shape index (κ1) is 12.1. The molecule has 0 spiro atoms. The van der Waals surface area contributed by atoms with Crippen molar-refractivity contribution in [2.24, 2.45) is 7.05 Å². The van der Waals surface area contributed by atoms with Crippen molar-refractivity contribution in [1.82, 2.24) is 0 Å². The number of rotatable bonds is 1. The highest BCUT2D eigenvalue weighted by molar-refractivity contribution is 7.14. The van der Waals surface area contributed by atoms with Crippen molar-refractivity contribution in [3.63, 3.8) is 0 Å². The molecule has 0 unspecified atom stereocenters. The Bertz CT molecular complexity index is 436. The van der Waals surface area contributed by atoms with Crippen molar-refractivity contribution in [1.29, 1.82) is 0 Å². The molecule has 2 rings (SSSR count). The minimum atomic E-state index is -1.12. The molecule has 1 aliphatic rings. The Morgan fingerprint density at radius 3 is 2.25 bits per heavy atom. The molecule has 0 aromatic carbocycles. The van der Waals surface area contributed by atoms with Gasteiger partial charge in [-0.15, -0.1) is 0 Å². The summed E-state index contributed by atoms with van der Waals surface area (Å²) in [7, 11) is -0.0359. The Hall–Kier alpha value is -0.416. The Morgan fingerprint density at radius 1 is 1.12 bits per heavy atom. The van der Waals surface area contributed by atoms with Gasteiger partial charge >= 0.3 is 0 Å². The predicted octanol–water partition coefficient (Wildman–Crippen LogP) is 1.46. The maximum atomic E-state index is 2.55. The first-order valence-electron chi connectivity index (χ1n) is 6.31. The minimum absolute atomic E-state index is 1.12. The van der Waals surface area contributed by atoms with Crippen molar-refractivity contribution in [2.45, 2.75) is 45.2 Å². The van der Waals surface area contributed by atoms with Gasteiger partial charge in [0.25, 0.3) is 0 Å². The van der Waals surface area contributed by atoms with Crippen molar-refractivity contribution in [2.75, 3.05) is 0 Å². The van der Waals surface area contributed by atoms with Gasteiger partial charge in [-0.25, -0.2) is 4.57 Å². The van der Waals surface area contributed by atoms with Gasteiger partial charge in [-0.1, -0.05) is 38.8 Å². The van der Waals surface area contributed by atoms with E-state index in [2.05, 4.69) is 57.0 Å². The number of aryl methyl sites for hydroxylation is 2. The third-order valence-corrected chi connectivity index (χ3v) is 15.1. The molecule has 0 aliphatic carbocycles. The summed E-state index contributed by atoms with van der Waals surface area (Å²) in [6.07, 6.45) is 3.60. The lowest BCUT2D eigenvalue weighted by atomic mass is 10.3. The van der Waals surface area contributed by atoms with Crippen molar-refractivity contribution >= 4 is 26.5 Å². The van der Waals surface area contributed by atoms with Crippen LogP contribution in [-0.4, -0.2) is 16.1 Å². The fourth-order valence-electron chi connectivity index (χ4n) is 3.44.